The minimum atomic E-state index is -0.829. The molecule has 0 spiro atoms. The zero-order chi connectivity index (χ0) is 13.0. The monoisotopic (exact) mass is 255 g/mol. The highest BCUT2D eigenvalue weighted by atomic mass is 16.5. The van der Waals surface area contributed by atoms with Gasteiger partial charge < -0.3 is 14.7 Å². The van der Waals surface area contributed by atoms with Gasteiger partial charge in [-0.25, -0.2) is 0 Å². The lowest BCUT2D eigenvalue weighted by Gasteiger charge is -2.25. The molecule has 1 unspecified atom stereocenters. The third-order valence-corrected chi connectivity index (χ3v) is 3.57. The topological polar surface area (TPSA) is 66.8 Å². The first kappa shape index (κ1) is 13.3. The fraction of sp³-hybridized carbons (Fsp3) is 0.846. The van der Waals surface area contributed by atoms with Crippen LogP contribution in [0.5, 0.6) is 0 Å². The molecule has 0 radical (unpaired) electrons. The third-order valence-electron chi connectivity index (χ3n) is 3.57. The van der Waals surface area contributed by atoms with E-state index in [0.717, 1.165) is 39.0 Å². The molecule has 1 aliphatic carbocycles. The number of rotatable bonds is 7. The van der Waals surface area contributed by atoms with Crippen molar-refractivity contribution < 1.29 is 19.4 Å². The van der Waals surface area contributed by atoms with Crippen molar-refractivity contribution in [2.45, 2.75) is 44.6 Å². The van der Waals surface area contributed by atoms with Crippen LogP contribution in [0.2, 0.25) is 0 Å². The molecule has 1 N–H and O–H groups in total. The van der Waals surface area contributed by atoms with E-state index in [1.807, 2.05) is 4.90 Å². The molecule has 1 heterocycles. The van der Waals surface area contributed by atoms with Gasteiger partial charge in [0.15, 0.2) is 0 Å². The zero-order valence-electron chi connectivity index (χ0n) is 10.6. The van der Waals surface area contributed by atoms with Crippen molar-refractivity contribution in [3.63, 3.8) is 0 Å². The molecular weight excluding hydrogens is 234 g/mol. The van der Waals surface area contributed by atoms with Gasteiger partial charge in [-0.15, -0.1) is 0 Å². The molecule has 5 nitrogen and oxygen atoms in total. The van der Waals surface area contributed by atoms with E-state index >= 15 is 0 Å². The molecule has 2 fully saturated rings. The van der Waals surface area contributed by atoms with Crippen molar-refractivity contribution >= 4 is 11.9 Å². The van der Waals surface area contributed by atoms with Crippen LogP contribution in [-0.4, -0.2) is 47.7 Å². The van der Waals surface area contributed by atoms with Gasteiger partial charge in [-0.1, -0.05) is 0 Å². The molecule has 2 aliphatic rings. The Morgan fingerprint density at radius 3 is 2.56 bits per heavy atom. The highest BCUT2D eigenvalue weighted by Crippen LogP contribution is 2.29. The highest BCUT2D eigenvalue weighted by Gasteiger charge is 2.34. The number of hydrogen-bond acceptors (Lipinski definition) is 3. The van der Waals surface area contributed by atoms with Crippen LogP contribution < -0.4 is 0 Å². The van der Waals surface area contributed by atoms with Crippen molar-refractivity contribution in [3.05, 3.63) is 0 Å². The fourth-order valence-electron chi connectivity index (χ4n) is 2.38. The number of hydrogen-bond donors (Lipinski definition) is 1. The van der Waals surface area contributed by atoms with Crippen molar-refractivity contribution in [1.82, 2.24) is 4.90 Å². The molecule has 0 bridgehead atoms. The first-order valence-electron chi connectivity index (χ1n) is 6.76. The average molecular weight is 255 g/mol. The second-order valence-corrected chi connectivity index (χ2v) is 5.25. The molecule has 1 amide bonds. The number of aliphatic carboxylic acids is 1. The summed E-state index contributed by atoms with van der Waals surface area (Å²) < 4.78 is 5.33. The Bertz CT molecular complexity index is 308. The van der Waals surface area contributed by atoms with E-state index < -0.39 is 5.97 Å². The van der Waals surface area contributed by atoms with Crippen LogP contribution in [-0.2, 0) is 14.3 Å². The lowest BCUT2D eigenvalue weighted by atomic mass is 10.1. The number of amides is 1. The van der Waals surface area contributed by atoms with Crippen LogP contribution >= 0.6 is 0 Å². The lowest BCUT2D eigenvalue weighted by Crippen LogP contribution is -2.37. The van der Waals surface area contributed by atoms with Crippen molar-refractivity contribution in [3.8, 4) is 0 Å². The summed E-state index contributed by atoms with van der Waals surface area (Å²) in [6.45, 7) is 2.35. The zero-order valence-corrected chi connectivity index (χ0v) is 10.6. The average Bonchev–Trinajstić information content (AvgIpc) is 3.02. The number of carbonyl (C=O) groups is 2. The fourth-order valence-corrected chi connectivity index (χ4v) is 2.38. The SMILES string of the molecule is O=C(O)CCCC(=O)N(CC1CCOC1)C1CC1. The second kappa shape index (κ2) is 6.18. The van der Waals surface area contributed by atoms with Gasteiger partial charge >= 0.3 is 5.97 Å². The van der Waals surface area contributed by atoms with Gasteiger partial charge in [0.05, 0.1) is 6.61 Å². The maximum absolute atomic E-state index is 12.1. The van der Waals surface area contributed by atoms with Gasteiger partial charge in [-0.2, -0.15) is 0 Å². The first-order chi connectivity index (χ1) is 8.66. The molecule has 1 saturated heterocycles. The van der Waals surface area contributed by atoms with Crippen LogP contribution in [0.3, 0.4) is 0 Å². The third kappa shape index (κ3) is 3.98. The second-order valence-electron chi connectivity index (χ2n) is 5.25. The van der Waals surface area contributed by atoms with Gasteiger partial charge in [0.2, 0.25) is 5.91 Å². The standard InChI is InChI=1S/C13H21NO4/c15-12(2-1-3-13(16)17)14(11-4-5-11)8-10-6-7-18-9-10/h10-11H,1-9H2,(H,16,17). The molecule has 102 valence electrons. The molecule has 0 aromatic carbocycles. The summed E-state index contributed by atoms with van der Waals surface area (Å²) in [4.78, 5) is 24.5. The minimum Gasteiger partial charge on any atom is -0.481 e. The van der Waals surface area contributed by atoms with Crippen molar-refractivity contribution in [2.24, 2.45) is 5.92 Å². The maximum atomic E-state index is 12.1. The molecule has 1 saturated carbocycles. The quantitative estimate of drug-likeness (QED) is 0.744. The Labute approximate surface area is 107 Å². The summed E-state index contributed by atoms with van der Waals surface area (Å²) in [6, 6.07) is 0.405. The van der Waals surface area contributed by atoms with Crippen LogP contribution in [0, 0.1) is 5.92 Å². The molecule has 5 heteroatoms. The Balaban J connectivity index is 1.77. The van der Waals surface area contributed by atoms with E-state index in [4.69, 9.17) is 9.84 Å². The van der Waals surface area contributed by atoms with Crippen LogP contribution in [0.1, 0.15) is 38.5 Å². The highest BCUT2D eigenvalue weighted by molar-refractivity contribution is 5.77. The lowest BCUT2D eigenvalue weighted by molar-refractivity contribution is -0.137. The predicted octanol–water partition coefficient (Wildman–Crippen LogP) is 1.27. The largest absolute Gasteiger partial charge is 0.481 e. The predicted molar refractivity (Wildman–Crippen MR) is 65.1 cm³/mol. The summed E-state index contributed by atoms with van der Waals surface area (Å²) in [5.74, 6) is -0.246. The van der Waals surface area contributed by atoms with Crippen LogP contribution in [0.4, 0.5) is 0 Å². The van der Waals surface area contributed by atoms with Gasteiger partial charge in [0.1, 0.15) is 0 Å². The summed E-state index contributed by atoms with van der Waals surface area (Å²) in [5, 5.41) is 8.57. The van der Waals surface area contributed by atoms with Crippen molar-refractivity contribution in [1.29, 1.82) is 0 Å². The summed E-state index contributed by atoms with van der Waals surface area (Å²) >= 11 is 0. The number of carboxylic acids is 1. The van der Waals surface area contributed by atoms with E-state index in [0.29, 0.717) is 24.8 Å². The van der Waals surface area contributed by atoms with Gasteiger partial charge in [0, 0.05) is 38.0 Å². The van der Waals surface area contributed by atoms with E-state index in [1.165, 1.54) is 0 Å². The minimum absolute atomic E-state index is 0.0801. The maximum Gasteiger partial charge on any atom is 0.303 e. The molecule has 2 rings (SSSR count). The Hall–Kier alpha value is -1.10. The van der Waals surface area contributed by atoms with Gasteiger partial charge in [-0.3, -0.25) is 9.59 Å². The van der Waals surface area contributed by atoms with Gasteiger partial charge in [-0.05, 0) is 25.7 Å². The van der Waals surface area contributed by atoms with Gasteiger partial charge in [0.25, 0.3) is 0 Å². The van der Waals surface area contributed by atoms with Crippen LogP contribution in [0.25, 0.3) is 0 Å². The normalized spacial score (nSPS) is 23.0. The molecule has 1 aliphatic heterocycles. The van der Waals surface area contributed by atoms with E-state index in [2.05, 4.69) is 0 Å². The number of carboxylic acid groups (broad SMARTS) is 1. The molecule has 0 aromatic heterocycles. The molecule has 1 atom stereocenters. The molecule has 18 heavy (non-hydrogen) atoms. The van der Waals surface area contributed by atoms with Crippen LogP contribution in [0.15, 0.2) is 0 Å². The Kier molecular flexibility index (Phi) is 4.58. The van der Waals surface area contributed by atoms with E-state index in [9.17, 15) is 9.59 Å². The molecule has 0 aromatic rings. The Morgan fingerprint density at radius 2 is 2.00 bits per heavy atom. The smallest absolute Gasteiger partial charge is 0.303 e. The number of carbonyl (C=O) groups excluding carboxylic acids is 1. The summed E-state index contributed by atoms with van der Waals surface area (Å²) in [5.41, 5.74) is 0. The Morgan fingerprint density at radius 1 is 1.22 bits per heavy atom. The van der Waals surface area contributed by atoms with E-state index in [1.54, 1.807) is 0 Å². The number of ether oxygens (including phenoxy) is 1. The first-order valence-corrected chi connectivity index (χ1v) is 6.76. The molecular formula is C13H21NO4. The van der Waals surface area contributed by atoms with E-state index in [-0.39, 0.29) is 12.3 Å². The summed E-state index contributed by atoms with van der Waals surface area (Å²) in [6.07, 6.45) is 4.10. The number of nitrogens with zero attached hydrogens (tertiary/aromatic N) is 1. The summed E-state index contributed by atoms with van der Waals surface area (Å²) in [7, 11) is 0. The van der Waals surface area contributed by atoms with Crippen molar-refractivity contribution in [2.75, 3.05) is 19.8 Å².